The summed E-state index contributed by atoms with van der Waals surface area (Å²) in [5, 5.41) is 15.3. The van der Waals surface area contributed by atoms with Gasteiger partial charge in [0.2, 0.25) is 3.79 Å². The Bertz CT molecular complexity index is 3640. The number of alkyl halides is 3. The SMILES string of the molecule is CC(=O)O[C@H]1[C@H](OCc2ccccc2)[C@H](O[C@H]2[C@H](O[C@H]3[C@H](O[C@@H]4O[C@@H](C)[C@@H](OC(C)=O)[C@@H](OC(C)=O)[C@@H]4OCc4ccccc4)[C@@H](NC(=O)OCC(Cl)(Cl)Cl)C(O)O[C@@H]3COCc3ccccc3)O[C@H](COCc3ccccc3)[C@H](OCc3ccccc3)[C@@H]2OCc2ccccc2)O[C@@H](C)[C@H]1OC(C)=O. The van der Waals surface area contributed by atoms with Crippen LogP contribution >= 0.6 is 34.8 Å². The van der Waals surface area contributed by atoms with Gasteiger partial charge in [-0.25, -0.2) is 4.79 Å². The van der Waals surface area contributed by atoms with Gasteiger partial charge in [-0.2, -0.15) is 0 Å². The van der Waals surface area contributed by atoms with Gasteiger partial charge < -0.3 is 95.7 Å². The van der Waals surface area contributed by atoms with Crippen LogP contribution < -0.4 is 5.32 Å². The first-order chi connectivity index (χ1) is 50.6. The van der Waals surface area contributed by atoms with E-state index in [1.54, 1.807) is 38.1 Å². The summed E-state index contributed by atoms with van der Waals surface area (Å²) in [6, 6.07) is 53.6. The Morgan fingerprint density at radius 2 is 0.695 bits per heavy atom. The molecule has 4 aliphatic heterocycles. The van der Waals surface area contributed by atoms with Crippen LogP contribution in [-0.4, -0.2) is 181 Å². The predicted octanol–water partition coefficient (Wildman–Crippen LogP) is 10.0. The zero-order chi connectivity index (χ0) is 74.4. The number of aliphatic hydroxyl groups excluding tert-OH is 1. The van der Waals surface area contributed by atoms with Crippen molar-refractivity contribution < 1.29 is 114 Å². The van der Waals surface area contributed by atoms with Crippen LogP contribution in [0, 0.1) is 0 Å². The minimum atomic E-state index is -2.12. The van der Waals surface area contributed by atoms with E-state index in [0.29, 0.717) is 16.7 Å². The molecule has 566 valence electrons. The predicted molar refractivity (Wildman–Crippen MR) is 376 cm³/mol. The number of benzene rings is 6. The van der Waals surface area contributed by atoms with Crippen molar-refractivity contribution in [1.29, 1.82) is 0 Å². The van der Waals surface area contributed by atoms with Crippen molar-refractivity contribution in [2.24, 2.45) is 0 Å². The molecule has 1 amide bonds. The number of nitrogens with one attached hydrogen (secondary N) is 1. The monoisotopic (exact) mass is 1520 g/mol. The van der Waals surface area contributed by atoms with Crippen molar-refractivity contribution in [3.8, 4) is 0 Å². The largest absolute Gasteiger partial charge is 0.456 e. The number of ether oxygens (including phenoxy) is 18. The van der Waals surface area contributed by atoms with Gasteiger partial charge in [-0.3, -0.25) is 19.2 Å². The number of hydrogen-bond donors (Lipinski definition) is 2. The Morgan fingerprint density at radius 3 is 1.07 bits per heavy atom. The van der Waals surface area contributed by atoms with Crippen LogP contribution in [0.3, 0.4) is 0 Å². The molecule has 10 rings (SSSR count). The molecule has 20 atom stereocenters. The lowest BCUT2D eigenvalue weighted by molar-refractivity contribution is -0.399. The van der Waals surface area contributed by atoms with Gasteiger partial charge in [0.15, 0.2) is 49.6 Å². The Kier molecular flexibility index (Phi) is 30.3. The minimum absolute atomic E-state index is 0.0118. The highest BCUT2D eigenvalue weighted by atomic mass is 35.6. The number of halogens is 3. The van der Waals surface area contributed by atoms with Crippen LogP contribution in [0.25, 0.3) is 0 Å². The number of hydrogen-bond acceptors (Lipinski definition) is 24. The fourth-order valence-corrected chi connectivity index (χ4v) is 12.8. The molecule has 2 N–H and O–H groups in total. The zero-order valence-corrected chi connectivity index (χ0v) is 61.0. The molecule has 0 aromatic heterocycles. The average molecular weight is 1520 g/mol. The fourth-order valence-electron chi connectivity index (χ4n) is 12.7. The van der Waals surface area contributed by atoms with Gasteiger partial charge in [0.25, 0.3) is 0 Å². The summed E-state index contributed by atoms with van der Waals surface area (Å²) in [7, 11) is 0. The second-order valence-corrected chi connectivity index (χ2v) is 28.0. The van der Waals surface area contributed by atoms with Crippen molar-refractivity contribution in [1.82, 2.24) is 5.32 Å². The van der Waals surface area contributed by atoms with Crippen LogP contribution in [0.4, 0.5) is 4.79 Å². The van der Waals surface area contributed by atoms with E-state index in [2.05, 4.69) is 5.32 Å². The third-order valence-corrected chi connectivity index (χ3v) is 17.7. The molecular formula is C77H88Cl3NO24. The molecular weight excluding hydrogens is 1430 g/mol. The summed E-state index contributed by atoms with van der Waals surface area (Å²) in [5.74, 6) is -3.01. The Labute approximate surface area is 624 Å². The molecule has 28 heteroatoms. The molecule has 0 spiro atoms. The molecule has 4 aliphatic rings. The maximum Gasteiger partial charge on any atom is 0.407 e. The van der Waals surface area contributed by atoms with Crippen LogP contribution in [-0.2, 0) is 144 Å². The first kappa shape index (κ1) is 80.3. The summed E-state index contributed by atoms with van der Waals surface area (Å²) < 4.78 is 118. The average Bonchev–Trinajstić information content (AvgIpc) is 0.760. The van der Waals surface area contributed by atoms with E-state index in [9.17, 15) is 29.1 Å². The molecule has 6 aromatic rings. The summed E-state index contributed by atoms with van der Waals surface area (Å²) in [6.07, 6.45) is -29.3. The maximum absolute atomic E-state index is 14.3. The Balaban J connectivity index is 1.16. The number of aliphatic hydroxyl groups is 1. The van der Waals surface area contributed by atoms with Crippen LogP contribution in [0.2, 0.25) is 0 Å². The molecule has 1 unspecified atom stereocenters. The number of amides is 1. The van der Waals surface area contributed by atoms with Gasteiger partial charge in [0, 0.05) is 27.7 Å². The van der Waals surface area contributed by atoms with Crippen LogP contribution in [0.1, 0.15) is 74.9 Å². The maximum atomic E-state index is 14.3. The second kappa shape index (κ2) is 39.6. The van der Waals surface area contributed by atoms with Crippen LogP contribution in [0.15, 0.2) is 182 Å². The molecule has 4 saturated heterocycles. The lowest BCUT2D eigenvalue weighted by Crippen LogP contribution is -2.70. The quantitative estimate of drug-likeness (QED) is 0.0225. The van der Waals surface area contributed by atoms with Gasteiger partial charge in [0.05, 0.1) is 65.1 Å². The van der Waals surface area contributed by atoms with E-state index in [0.717, 1.165) is 16.7 Å². The molecule has 0 bridgehead atoms. The van der Waals surface area contributed by atoms with Gasteiger partial charge >= 0.3 is 30.0 Å². The molecule has 4 heterocycles. The van der Waals surface area contributed by atoms with E-state index in [-0.39, 0.29) is 46.2 Å². The van der Waals surface area contributed by atoms with E-state index in [1.807, 2.05) is 158 Å². The van der Waals surface area contributed by atoms with Gasteiger partial charge in [0.1, 0.15) is 67.6 Å². The molecule has 0 saturated carbocycles. The van der Waals surface area contributed by atoms with Gasteiger partial charge in [-0.1, -0.05) is 217 Å². The second-order valence-electron chi connectivity index (χ2n) is 25.5. The van der Waals surface area contributed by atoms with Crippen LogP contribution in [0.5, 0.6) is 0 Å². The van der Waals surface area contributed by atoms with E-state index in [4.69, 9.17) is 120 Å². The molecule has 4 fully saturated rings. The van der Waals surface area contributed by atoms with E-state index >= 15 is 0 Å². The van der Waals surface area contributed by atoms with Gasteiger partial charge in [-0.15, -0.1) is 0 Å². The van der Waals surface area contributed by atoms with Crippen molar-refractivity contribution in [3.05, 3.63) is 215 Å². The Hall–Kier alpha value is -7.22. The third kappa shape index (κ3) is 23.9. The Morgan fingerprint density at radius 1 is 0.381 bits per heavy atom. The normalized spacial score (nSPS) is 29.0. The lowest BCUT2D eigenvalue weighted by atomic mass is 9.94. The van der Waals surface area contributed by atoms with Gasteiger partial charge in [-0.05, 0) is 47.2 Å². The smallest absolute Gasteiger partial charge is 0.407 e. The molecule has 0 radical (unpaired) electrons. The lowest BCUT2D eigenvalue weighted by Gasteiger charge is -2.52. The highest BCUT2D eigenvalue weighted by Crippen LogP contribution is 2.41. The minimum Gasteiger partial charge on any atom is -0.456 e. The molecule has 105 heavy (non-hydrogen) atoms. The highest BCUT2D eigenvalue weighted by Gasteiger charge is 2.59. The number of carbonyl (C=O) groups is 5. The number of rotatable bonds is 32. The first-order valence-corrected chi connectivity index (χ1v) is 35.6. The number of esters is 4. The number of carbonyl (C=O) groups excluding carboxylic acids is 5. The van der Waals surface area contributed by atoms with Crippen molar-refractivity contribution in [3.63, 3.8) is 0 Å². The topological polar surface area (TPSA) is 284 Å². The third-order valence-electron chi connectivity index (χ3n) is 17.4. The first-order valence-electron chi connectivity index (χ1n) is 34.4. The summed E-state index contributed by atoms with van der Waals surface area (Å²) in [6.45, 7) is 6.22. The number of alkyl carbamates (subject to hydrolysis) is 1. The summed E-state index contributed by atoms with van der Waals surface area (Å²) in [5.41, 5.74) is 4.39. The van der Waals surface area contributed by atoms with Crippen molar-refractivity contribution >= 4 is 64.8 Å². The highest BCUT2D eigenvalue weighted by molar-refractivity contribution is 6.67. The zero-order valence-electron chi connectivity index (χ0n) is 58.7. The molecule has 25 nitrogen and oxygen atoms in total. The molecule has 6 aromatic carbocycles. The van der Waals surface area contributed by atoms with E-state index in [1.165, 1.54) is 27.7 Å². The van der Waals surface area contributed by atoms with Crippen molar-refractivity contribution in [2.45, 2.75) is 208 Å². The van der Waals surface area contributed by atoms with E-state index < -0.39 is 170 Å². The summed E-state index contributed by atoms with van der Waals surface area (Å²) in [4.78, 5) is 67.1. The van der Waals surface area contributed by atoms with Crippen molar-refractivity contribution in [2.75, 3.05) is 19.8 Å². The summed E-state index contributed by atoms with van der Waals surface area (Å²) >= 11 is 18.4. The standard InChI is InChI=1S/C77H88Cl3NO24/c1-46-61(97-48(3)82)67(99-50(5)84)69(92-41-56-33-21-11-22-34-56)73(95-46)104-65-60(81-76(87)94-45-77(78,79)80)72(86)101-59(44-89-38-53-27-15-8-16-28-53)64(65)103-75-71(105-74-70(93-42-57-35-23-12-24-36-57)68(100-51(6)85)62(47(2)96-74)98-49(4)83)66(91-40-55-31-19-10-20-32-55)63(90-39-54-29-17-9-18-30-54)58(102-75)43-88-37-52-25-13-7-14-26-52/h7-36,46-47,58-75,86H,37-45H2,1-6H3,(H,81,87)/t46-,47-,58+,59+,60+,61+,62+,63-,64+,65+,66-,67+,68+,69-,70-,71+,72?,73-,74-,75-/m0/s1. The fraction of sp³-hybridized carbons (Fsp3) is 0.468. The molecule has 0 aliphatic carbocycles.